The molecule has 0 saturated heterocycles. The number of benzene rings is 2. The standard InChI is InChI=1S/C17H15Cl2N/c18-15-5-1-13(2-6-15)11-17(9-10-17)20-12-14-3-7-16(19)8-4-14/h1-8,12H,9-11H2. The molecule has 1 aliphatic carbocycles. The molecule has 0 radical (unpaired) electrons. The van der Waals surface area contributed by atoms with E-state index in [2.05, 4.69) is 12.1 Å². The highest BCUT2D eigenvalue weighted by atomic mass is 35.5. The summed E-state index contributed by atoms with van der Waals surface area (Å²) < 4.78 is 0. The van der Waals surface area contributed by atoms with Crippen LogP contribution in [0.3, 0.4) is 0 Å². The second-order valence-electron chi connectivity index (χ2n) is 5.34. The number of hydrogen-bond acceptors (Lipinski definition) is 1. The van der Waals surface area contributed by atoms with E-state index in [0.29, 0.717) is 0 Å². The zero-order valence-corrected chi connectivity index (χ0v) is 12.5. The average Bonchev–Trinajstić information content (AvgIpc) is 3.21. The Kier molecular flexibility index (Phi) is 3.82. The molecule has 2 aromatic carbocycles. The largest absolute Gasteiger partial charge is 0.286 e. The molecule has 0 bridgehead atoms. The molecule has 0 unspecified atom stereocenters. The summed E-state index contributed by atoms with van der Waals surface area (Å²) in [6.07, 6.45) is 5.24. The lowest BCUT2D eigenvalue weighted by molar-refractivity contribution is 0.678. The van der Waals surface area contributed by atoms with Crippen LogP contribution in [0.25, 0.3) is 0 Å². The molecular formula is C17H15Cl2N. The Hall–Kier alpha value is -1.31. The van der Waals surface area contributed by atoms with E-state index < -0.39 is 0 Å². The molecule has 1 fully saturated rings. The zero-order valence-electron chi connectivity index (χ0n) is 11.0. The van der Waals surface area contributed by atoms with Gasteiger partial charge in [-0.2, -0.15) is 0 Å². The summed E-state index contributed by atoms with van der Waals surface area (Å²) in [5, 5.41) is 1.53. The third kappa shape index (κ3) is 3.41. The van der Waals surface area contributed by atoms with E-state index in [-0.39, 0.29) is 5.54 Å². The maximum Gasteiger partial charge on any atom is 0.0650 e. The third-order valence-electron chi connectivity index (χ3n) is 3.63. The fourth-order valence-electron chi connectivity index (χ4n) is 2.24. The summed E-state index contributed by atoms with van der Waals surface area (Å²) >= 11 is 11.8. The van der Waals surface area contributed by atoms with Gasteiger partial charge in [-0.15, -0.1) is 0 Å². The van der Waals surface area contributed by atoms with Gasteiger partial charge in [-0.05, 0) is 54.7 Å². The zero-order chi connectivity index (χ0) is 14.0. The van der Waals surface area contributed by atoms with Gasteiger partial charge >= 0.3 is 0 Å². The fraction of sp³-hybridized carbons (Fsp3) is 0.235. The lowest BCUT2D eigenvalue weighted by Crippen LogP contribution is -2.09. The molecule has 102 valence electrons. The van der Waals surface area contributed by atoms with Crippen LogP contribution in [0.2, 0.25) is 10.0 Å². The highest BCUT2D eigenvalue weighted by Gasteiger charge is 2.41. The van der Waals surface area contributed by atoms with Crippen molar-refractivity contribution in [2.45, 2.75) is 24.8 Å². The molecule has 1 aliphatic rings. The van der Waals surface area contributed by atoms with Crippen molar-refractivity contribution in [3.63, 3.8) is 0 Å². The van der Waals surface area contributed by atoms with Gasteiger partial charge in [0, 0.05) is 16.3 Å². The SMILES string of the molecule is Clc1ccc(C=NC2(Cc3ccc(Cl)cc3)CC2)cc1. The van der Waals surface area contributed by atoms with E-state index >= 15 is 0 Å². The summed E-state index contributed by atoms with van der Waals surface area (Å²) in [7, 11) is 0. The Morgan fingerprint density at radius 2 is 1.45 bits per heavy atom. The van der Waals surface area contributed by atoms with E-state index in [1.807, 2.05) is 42.6 Å². The van der Waals surface area contributed by atoms with E-state index in [0.717, 1.165) is 34.9 Å². The van der Waals surface area contributed by atoms with Gasteiger partial charge in [-0.1, -0.05) is 47.5 Å². The Labute approximate surface area is 129 Å². The van der Waals surface area contributed by atoms with Crippen LogP contribution in [0.5, 0.6) is 0 Å². The minimum atomic E-state index is 0.0907. The maximum absolute atomic E-state index is 5.91. The molecule has 0 spiro atoms. The molecule has 0 N–H and O–H groups in total. The smallest absolute Gasteiger partial charge is 0.0650 e. The summed E-state index contributed by atoms with van der Waals surface area (Å²) in [6.45, 7) is 0. The topological polar surface area (TPSA) is 12.4 Å². The first-order chi connectivity index (χ1) is 9.65. The molecule has 3 heteroatoms. The Bertz CT molecular complexity index is 610. The molecule has 0 amide bonds. The molecule has 0 aliphatic heterocycles. The van der Waals surface area contributed by atoms with Gasteiger partial charge in [0.15, 0.2) is 0 Å². The van der Waals surface area contributed by atoms with Crippen molar-refractivity contribution in [1.29, 1.82) is 0 Å². The second kappa shape index (κ2) is 5.59. The van der Waals surface area contributed by atoms with Crippen molar-refractivity contribution < 1.29 is 0 Å². The first-order valence-corrected chi connectivity index (χ1v) is 7.46. The van der Waals surface area contributed by atoms with Crippen LogP contribution in [-0.2, 0) is 6.42 Å². The fourth-order valence-corrected chi connectivity index (χ4v) is 2.49. The lowest BCUT2D eigenvalue weighted by atomic mass is 10.0. The van der Waals surface area contributed by atoms with Crippen LogP contribution in [0, 0.1) is 0 Å². The molecule has 3 rings (SSSR count). The molecule has 1 saturated carbocycles. The van der Waals surface area contributed by atoms with Gasteiger partial charge < -0.3 is 0 Å². The summed E-state index contributed by atoms with van der Waals surface area (Å²) in [6, 6.07) is 15.8. The number of rotatable bonds is 4. The average molecular weight is 304 g/mol. The van der Waals surface area contributed by atoms with Gasteiger partial charge in [-0.25, -0.2) is 0 Å². The number of hydrogen-bond donors (Lipinski definition) is 0. The number of halogens is 2. The second-order valence-corrected chi connectivity index (χ2v) is 6.21. The maximum atomic E-state index is 5.91. The van der Waals surface area contributed by atoms with Crippen molar-refractivity contribution in [2.75, 3.05) is 0 Å². The van der Waals surface area contributed by atoms with Crippen LogP contribution in [0.4, 0.5) is 0 Å². The monoisotopic (exact) mass is 303 g/mol. The van der Waals surface area contributed by atoms with E-state index in [1.54, 1.807) is 0 Å². The van der Waals surface area contributed by atoms with Crippen molar-refractivity contribution >= 4 is 29.4 Å². The molecule has 1 nitrogen and oxygen atoms in total. The third-order valence-corrected chi connectivity index (χ3v) is 4.14. The Balaban J connectivity index is 1.70. The van der Waals surface area contributed by atoms with Crippen LogP contribution >= 0.6 is 23.2 Å². The molecule has 0 atom stereocenters. The summed E-state index contributed by atoms with van der Waals surface area (Å²) in [5.74, 6) is 0. The van der Waals surface area contributed by atoms with Crippen LogP contribution in [-0.4, -0.2) is 11.8 Å². The van der Waals surface area contributed by atoms with E-state index in [1.165, 1.54) is 5.56 Å². The molecule has 2 aromatic rings. The van der Waals surface area contributed by atoms with Gasteiger partial charge in [0.2, 0.25) is 0 Å². The first kappa shape index (κ1) is 13.7. The predicted octanol–water partition coefficient (Wildman–Crippen LogP) is 5.19. The van der Waals surface area contributed by atoms with Gasteiger partial charge in [0.05, 0.1) is 5.54 Å². The normalized spacial score (nSPS) is 16.5. The van der Waals surface area contributed by atoms with Crippen molar-refractivity contribution in [3.05, 3.63) is 69.7 Å². The van der Waals surface area contributed by atoms with Gasteiger partial charge in [0.1, 0.15) is 0 Å². The van der Waals surface area contributed by atoms with Crippen LogP contribution < -0.4 is 0 Å². The molecule has 0 heterocycles. The van der Waals surface area contributed by atoms with Gasteiger partial charge in [-0.3, -0.25) is 4.99 Å². The summed E-state index contributed by atoms with van der Waals surface area (Å²) in [4.78, 5) is 4.78. The first-order valence-electron chi connectivity index (χ1n) is 6.71. The highest BCUT2D eigenvalue weighted by molar-refractivity contribution is 6.30. The number of aliphatic imine (C=N–C) groups is 1. The molecule has 0 aromatic heterocycles. The Morgan fingerprint density at radius 1 is 0.900 bits per heavy atom. The van der Waals surface area contributed by atoms with E-state index in [4.69, 9.17) is 28.2 Å². The van der Waals surface area contributed by atoms with Crippen molar-refractivity contribution in [1.82, 2.24) is 0 Å². The Morgan fingerprint density at radius 3 is 2.00 bits per heavy atom. The van der Waals surface area contributed by atoms with Crippen molar-refractivity contribution in [3.8, 4) is 0 Å². The van der Waals surface area contributed by atoms with Gasteiger partial charge in [0.25, 0.3) is 0 Å². The minimum Gasteiger partial charge on any atom is -0.286 e. The summed E-state index contributed by atoms with van der Waals surface area (Å²) in [5.41, 5.74) is 2.48. The van der Waals surface area contributed by atoms with Crippen LogP contribution in [0.1, 0.15) is 24.0 Å². The highest BCUT2D eigenvalue weighted by Crippen LogP contribution is 2.42. The number of nitrogens with zero attached hydrogens (tertiary/aromatic N) is 1. The quantitative estimate of drug-likeness (QED) is 0.689. The van der Waals surface area contributed by atoms with Crippen molar-refractivity contribution in [2.24, 2.45) is 4.99 Å². The molecule has 20 heavy (non-hydrogen) atoms. The predicted molar refractivity (Wildman–Crippen MR) is 86.2 cm³/mol. The lowest BCUT2D eigenvalue weighted by Gasteiger charge is -2.10. The minimum absolute atomic E-state index is 0.0907. The van der Waals surface area contributed by atoms with Crippen LogP contribution in [0.15, 0.2) is 53.5 Å². The molecular weight excluding hydrogens is 289 g/mol. The van der Waals surface area contributed by atoms with E-state index in [9.17, 15) is 0 Å².